The average Bonchev–Trinajstić information content (AvgIpc) is 3.59. The summed E-state index contributed by atoms with van der Waals surface area (Å²) < 4.78 is 0. The van der Waals surface area contributed by atoms with Crippen molar-refractivity contribution in [2.45, 2.75) is 71.9 Å². The van der Waals surface area contributed by atoms with Crippen LogP contribution in [0.25, 0.3) is 12.2 Å². The molecule has 0 bridgehead atoms. The summed E-state index contributed by atoms with van der Waals surface area (Å²) in [6, 6.07) is -0.143. The van der Waals surface area contributed by atoms with Crippen molar-refractivity contribution in [2.24, 2.45) is 17.8 Å². The molecule has 0 spiro atoms. The van der Waals surface area contributed by atoms with Crippen LogP contribution in [-0.2, 0) is 20.8 Å². The molecule has 1 aromatic rings. The summed E-state index contributed by atoms with van der Waals surface area (Å²) in [6.07, 6.45) is 8.41. The van der Waals surface area contributed by atoms with Crippen LogP contribution < -0.4 is 16.0 Å². The number of H-pyrrole nitrogens is 1. The zero-order chi connectivity index (χ0) is 31.6. The summed E-state index contributed by atoms with van der Waals surface area (Å²) in [7, 11) is 0. The molecule has 0 aromatic carbocycles. The van der Waals surface area contributed by atoms with Gasteiger partial charge in [-0.25, -0.2) is 0 Å². The normalized spacial score (nSPS) is 27.1. The van der Waals surface area contributed by atoms with Crippen LogP contribution >= 0.6 is 0 Å². The highest BCUT2D eigenvalue weighted by Gasteiger charge is 2.36. The van der Waals surface area contributed by atoms with Gasteiger partial charge in [0.25, 0.3) is 0 Å². The molecule has 4 heterocycles. The molecule has 10 nitrogen and oxygen atoms in total. The quantitative estimate of drug-likeness (QED) is 0.172. The van der Waals surface area contributed by atoms with Gasteiger partial charge in [0.05, 0.1) is 0 Å². The third-order valence-corrected chi connectivity index (χ3v) is 9.10. The molecule has 0 saturated carbocycles. The molecule has 3 aliphatic heterocycles. The van der Waals surface area contributed by atoms with Crippen LogP contribution in [0.1, 0.15) is 69.0 Å². The van der Waals surface area contributed by atoms with E-state index in [2.05, 4.69) is 34.1 Å². The van der Waals surface area contributed by atoms with Crippen molar-refractivity contribution in [3.8, 4) is 0 Å². The summed E-state index contributed by atoms with van der Waals surface area (Å²) in [4.78, 5) is 38.8. The van der Waals surface area contributed by atoms with E-state index in [1.165, 1.54) is 0 Å². The number of aliphatic carboxylic acids is 2. The molecule has 1 fully saturated rings. The number of carbonyl (C=O) groups excluding carboxylic acids is 1. The summed E-state index contributed by atoms with van der Waals surface area (Å²) in [5.74, 6) is -2.10. The maximum Gasteiger partial charge on any atom is 0.303 e. The van der Waals surface area contributed by atoms with Crippen LogP contribution in [0.15, 0.2) is 59.3 Å². The lowest BCUT2D eigenvalue weighted by Crippen LogP contribution is -2.36. The Bertz CT molecular complexity index is 1480. The summed E-state index contributed by atoms with van der Waals surface area (Å²) in [5.41, 5.74) is 7.40. The first-order valence-electron chi connectivity index (χ1n) is 14.7. The number of carboxylic acid groups (broad SMARTS) is 2. The van der Waals surface area contributed by atoms with Crippen LogP contribution in [0.2, 0.25) is 0 Å². The number of aromatic nitrogens is 1. The predicted molar refractivity (Wildman–Crippen MR) is 165 cm³/mol. The lowest BCUT2D eigenvalue weighted by Gasteiger charge is -2.23. The number of carbonyl (C=O) groups is 3. The highest BCUT2D eigenvalue weighted by Crippen LogP contribution is 2.36. The van der Waals surface area contributed by atoms with Crippen LogP contribution in [0.4, 0.5) is 0 Å². The second kappa shape index (κ2) is 12.8. The number of rotatable bonds is 12. The minimum Gasteiger partial charge on any atom is -0.495 e. The molecule has 1 amide bonds. The molecular formula is C33H42N4O6. The lowest BCUT2D eigenvalue weighted by molar-refractivity contribution is -0.138. The Morgan fingerprint density at radius 1 is 0.953 bits per heavy atom. The molecule has 2 unspecified atom stereocenters. The van der Waals surface area contributed by atoms with E-state index in [1.54, 1.807) is 12.2 Å². The molecule has 3 aliphatic rings. The van der Waals surface area contributed by atoms with E-state index in [1.807, 2.05) is 39.8 Å². The summed E-state index contributed by atoms with van der Waals surface area (Å²) in [5, 5.41) is 38.9. The number of aliphatic hydroxyl groups is 1. The number of hydrogen-bond donors (Lipinski definition) is 7. The van der Waals surface area contributed by atoms with Crippen molar-refractivity contribution in [3.63, 3.8) is 0 Å². The van der Waals surface area contributed by atoms with Gasteiger partial charge in [0.2, 0.25) is 5.91 Å². The highest BCUT2D eigenvalue weighted by molar-refractivity contribution is 5.86. The van der Waals surface area contributed by atoms with Gasteiger partial charge < -0.3 is 36.3 Å². The Labute approximate surface area is 252 Å². The zero-order valence-electron chi connectivity index (χ0n) is 25.2. The Morgan fingerprint density at radius 2 is 1.63 bits per heavy atom. The third-order valence-electron chi connectivity index (χ3n) is 9.10. The maximum absolute atomic E-state index is 12.3. The fourth-order valence-electron chi connectivity index (χ4n) is 6.39. The smallest absolute Gasteiger partial charge is 0.303 e. The van der Waals surface area contributed by atoms with Crippen molar-refractivity contribution in [3.05, 3.63) is 81.8 Å². The van der Waals surface area contributed by atoms with E-state index < -0.39 is 11.9 Å². The van der Waals surface area contributed by atoms with Crippen molar-refractivity contribution in [2.75, 3.05) is 0 Å². The average molecular weight is 591 g/mol. The van der Waals surface area contributed by atoms with Crippen molar-refractivity contribution < 1.29 is 29.7 Å². The second-order valence-electron chi connectivity index (χ2n) is 11.7. The number of aliphatic hydroxyl groups excluding tert-OH is 1. The molecular weight excluding hydrogens is 548 g/mol. The molecule has 43 heavy (non-hydrogen) atoms. The molecule has 230 valence electrons. The standard InChI is InChI=1S/C33H42N4O6/c1-7-20-19(6)32(42)37-27(20)14-25-18(5)23(10-12-31(40)41)29(35-25)15-28-22(9-11-30(38)39)17(4)24(34-28)13-26-16(3)21(8-2)33(43)36-26/h7-8,14-16,19-20,24,26,34-36,43H,1-2,9-13H2,3-6H3,(H,37,42)(H,38,39)(H,40,41)/b27-14-,28-15-/t16?,19-,20-,24?,26-/m1/s1. The van der Waals surface area contributed by atoms with Crippen LogP contribution in [0.3, 0.4) is 0 Å². The Kier molecular flexibility index (Phi) is 9.37. The second-order valence-corrected chi connectivity index (χ2v) is 11.7. The van der Waals surface area contributed by atoms with Gasteiger partial charge >= 0.3 is 11.9 Å². The third kappa shape index (κ3) is 6.48. The minimum absolute atomic E-state index is 0.0345. The van der Waals surface area contributed by atoms with E-state index in [4.69, 9.17) is 0 Å². The van der Waals surface area contributed by atoms with E-state index in [0.29, 0.717) is 19.3 Å². The van der Waals surface area contributed by atoms with Gasteiger partial charge in [-0.1, -0.05) is 32.6 Å². The Morgan fingerprint density at radius 3 is 2.23 bits per heavy atom. The molecule has 4 rings (SSSR count). The zero-order valence-corrected chi connectivity index (χ0v) is 25.2. The minimum atomic E-state index is -0.909. The van der Waals surface area contributed by atoms with Gasteiger partial charge in [0.15, 0.2) is 5.88 Å². The molecule has 1 saturated heterocycles. The maximum atomic E-state index is 12.3. The molecule has 10 heteroatoms. The highest BCUT2D eigenvalue weighted by atomic mass is 16.4. The van der Waals surface area contributed by atoms with Gasteiger partial charge in [0, 0.05) is 71.0 Å². The largest absolute Gasteiger partial charge is 0.495 e. The number of carboxylic acids is 2. The summed E-state index contributed by atoms with van der Waals surface area (Å²) >= 11 is 0. The lowest BCUT2D eigenvalue weighted by atomic mass is 9.90. The van der Waals surface area contributed by atoms with Gasteiger partial charge in [-0.15, -0.1) is 6.58 Å². The van der Waals surface area contributed by atoms with Crippen LogP contribution in [0.5, 0.6) is 0 Å². The fraction of sp³-hybridized carbons (Fsp3) is 0.424. The van der Waals surface area contributed by atoms with Crippen LogP contribution in [0, 0.1) is 24.7 Å². The van der Waals surface area contributed by atoms with Gasteiger partial charge in [-0.05, 0) is 67.5 Å². The van der Waals surface area contributed by atoms with Crippen LogP contribution in [-0.4, -0.2) is 50.2 Å². The first-order valence-corrected chi connectivity index (χ1v) is 14.7. The van der Waals surface area contributed by atoms with E-state index in [0.717, 1.165) is 50.6 Å². The van der Waals surface area contributed by atoms with E-state index in [9.17, 15) is 29.7 Å². The first kappa shape index (κ1) is 31.5. The molecule has 0 radical (unpaired) electrons. The van der Waals surface area contributed by atoms with Crippen molar-refractivity contribution in [1.82, 2.24) is 20.9 Å². The monoisotopic (exact) mass is 590 g/mol. The van der Waals surface area contributed by atoms with Crippen molar-refractivity contribution in [1.29, 1.82) is 0 Å². The van der Waals surface area contributed by atoms with E-state index >= 15 is 0 Å². The summed E-state index contributed by atoms with van der Waals surface area (Å²) in [6.45, 7) is 15.5. The van der Waals surface area contributed by atoms with Gasteiger partial charge in [0.1, 0.15) is 0 Å². The first-order chi connectivity index (χ1) is 20.4. The van der Waals surface area contributed by atoms with Gasteiger partial charge in [-0.2, -0.15) is 0 Å². The van der Waals surface area contributed by atoms with E-state index in [-0.39, 0.29) is 54.5 Å². The molecule has 0 aliphatic carbocycles. The molecule has 7 N–H and O–H groups in total. The number of nitrogens with one attached hydrogen (secondary N) is 4. The fourth-order valence-corrected chi connectivity index (χ4v) is 6.39. The number of allylic oxidation sites excluding steroid dienone is 3. The topological polar surface area (TPSA) is 164 Å². The molecule has 5 atom stereocenters. The Balaban J connectivity index is 1.72. The number of hydrogen-bond acceptors (Lipinski definition) is 6. The van der Waals surface area contributed by atoms with Crippen molar-refractivity contribution >= 4 is 30.0 Å². The molecule has 1 aromatic heterocycles. The number of aromatic amines is 1. The van der Waals surface area contributed by atoms with Gasteiger partial charge in [-0.3, -0.25) is 14.4 Å². The number of amides is 1. The Hall–Kier alpha value is -4.47. The predicted octanol–water partition coefficient (Wildman–Crippen LogP) is 4.70. The SMILES string of the molecule is C=CC1=C(O)N[C@H](CC2N/C(=C\c3[nH]c(/C=C4\NC(=O)[C@H](C)[C@H]4C=C)c(C)c3CCC(=O)O)C(CCC(=O)O)=C2C)C1C.